The zero-order valence-electron chi connectivity index (χ0n) is 14.7. The molecule has 0 heterocycles. The molecule has 0 aliphatic heterocycles. The van der Waals surface area contributed by atoms with Crippen LogP contribution in [0.5, 0.6) is 0 Å². The van der Waals surface area contributed by atoms with E-state index in [0.717, 1.165) is 25.7 Å². The topological polar surface area (TPSA) is 44.8 Å². The lowest BCUT2D eigenvalue weighted by molar-refractivity contribution is -0.123. The highest BCUT2D eigenvalue weighted by Gasteiger charge is 2.52. The summed E-state index contributed by atoms with van der Waals surface area (Å²) in [6.45, 7) is 13.4. The lowest BCUT2D eigenvalue weighted by Gasteiger charge is -2.35. The maximum Gasteiger partial charge on any atom is 0.511 e. The second-order valence-electron chi connectivity index (χ2n) is 5.51. The van der Waals surface area contributed by atoms with Crippen LogP contribution in [-0.4, -0.2) is 34.4 Å². The first kappa shape index (κ1) is 20.8. The predicted molar refractivity (Wildman–Crippen MR) is 88.4 cm³/mol. The summed E-state index contributed by atoms with van der Waals surface area (Å²) < 4.78 is 17.8. The maximum atomic E-state index is 12.7. The molecule has 0 aromatic carbocycles. The Morgan fingerprint density at radius 2 is 1.38 bits per heavy atom. The smallest absolute Gasteiger partial charge is 0.373 e. The van der Waals surface area contributed by atoms with Crippen molar-refractivity contribution in [3.05, 3.63) is 0 Å². The van der Waals surface area contributed by atoms with E-state index in [-0.39, 0.29) is 17.2 Å². The summed E-state index contributed by atoms with van der Waals surface area (Å²) >= 11 is 0. The average Bonchev–Trinajstić information content (AvgIpc) is 2.43. The van der Waals surface area contributed by atoms with Crippen LogP contribution in [0.3, 0.4) is 0 Å². The van der Waals surface area contributed by atoms with Gasteiger partial charge in [-0.15, -0.1) is 0 Å². The minimum absolute atomic E-state index is 0.0233. The van der Waals surface area contributed by atoms with Crippen LogP contribution in [0.1, 0.15) is 67.2 Å². The quantitative estimate of drug-likeness (QED) is 0.377. The zero-order chi connectivity index (χ0) is 16.3. The number of rotatable bonds is 13. The Hall–Kier alpha value is -0.233. The van der Waals surface area contributed by atoms with Gasteiger partial charge in [0.05, 0.1) is 5.54 Å². The fraction of sp³-hybridized carbons (Fsp3) is 0.938. The molecule has 0 aliphatic rings. The van der Waals surface area contributed by atoms with Gasteiger partial charge in [-0.3, -0.25) is 4.79 Å². The maximum absolute atomic E-state index is 12.7. The molecule has 0 amide bonds. The molecule has 0 rings (SSSR count). The summed E-state index contributed by atoms with van der Waals surface area (Å²) in [6, 6.07) is 0. The molecule has 0 aromatic rings. The van der Waals surface area contributed by atoms with Crippen molar-refractivity contribution in [3.8, 4) is 0 Å². The standard InChI is InChI=1S/C16H34O4Si/c1-7-11-12-13-15(16(17)14(5)6)21(18-8-2,19-9-3)20-10-4/h14-15H,7-13H2,1-6H3. The summed E-state index contributed by atoms with van der Waals surface area (Å²) in [6.07, 6.45) is 4.07. The van der Waals surface area contributed by atoms with Gasteiger partial charge in [-0.2, -0.15) is 0 Å². The molecule has 0 bridgehead atoms. The van der Waals surface area contributed by atoms with E-state index in [1.807, 2.05) is 34.6 Å². The van der Waals surface area contributed by atoms with Crippen LogP contribution >= 0.6 is 0 Å². The van der Waals surface area contributed by atoms with Crippen LogP contribution in [0, 0.1) is 5.92 Å². The number of carbonyl (C=O) groups is 1. The fourth-order valence-electron chi connectivity index (χ4n) is 2.52. The van der Waals surface area contributed by atoms with Gasteiger partial charge < -0.3 is 13.3 Å². The van der Waals surface area contributed by atoms with E-state index in [1.165, 1.54) is 0 Å². The highest BCUT2D eigenvalue weighted by Crippen LogP contribution is 2.34. The minimum Gasteiger partial charge on any atom is -0.373 e. The Morgan fingerprint density at radius 1 is 0.905 bits per heavy atom. The van der Waals surface area contributed by atoms with Crippen molar-refractivity contribution in [3.63, 3.8) is 0 Å². The molecule has 0 spiro atoms. The van der Waals surface area contributed by atoms with Gasteiger partial charge >= 0.3 is 8.80 Å². The Morgan fingerprint density at radius 3 is 1.71 bits per heavy atom. The molecule has 0 fully saturated rings. The van der Waals surface area contributed by atoms with Crippen LogP contribution in [0.2, 0.25) is 5.54 Å². The van der Waals surface area contributed by atoms with Crippen LogP contribution in [0.15, 0.2) is 0 Å². The Labute approximate surface area is 131 Å². The summed E-state index contributed by atoms with van der Waals surface area (Å²) in [4.78, 5) is 12.7. The third-order valence-electron chi connectivity index (χ3n) is 3.47. The molecule has 4 nitrogen and oxygen atoms in total. The van der Waals surface area contributed by atoms with Gasteiger partial charge in [0.15, 0.2) is 0 Å². The third-order valence-corrected chi connectivity index (χ3v) is 6.97. The van der Waals surface area contributed by atoms with E-state index in [2.05, 4.69) is 6.92 Å². The van der Waals surface area contributed by atoms with Crippen molar-refractivity contribution in [1.29, 1.82) is 0 Å². The number of Topliss-reactive ketones (excluding diaryl/α,β-unsaturated/α-hetero) is 1. The van der Waals surface area contributed by atoms with Crippen molar-refractivity contribution in [1.82, 2.24) is 0 Å². The highest BCUT2D eigenvalue weighted by atomic mass is 28.4. The second-order valence-corrected chi connectivity index (χ2v) is 8.28. The summed E-state index contributed by atoms with van der Waals surface area (Å²) in [5, 5.41) is 0. The van der Waals surface area contributed by atoms with Crippen molar-refractivity contribution in [2.75, 3.05) is 19.8 Å². The van der Waals surface area contributed by atoms with Crippen LogP contribution < -0.4 is 0 Å². The minimum atomic E-state index is -2.95. The van der Waals surface area contributed by atoms with Crippen molar-refractivity contribution in [2.45, 2.75) is 72.8 Å². The molecular formula is C16H34O4Si. The molecule has 1 unspecified atom stereocenters. The molecule has 0 aromatic heterocycles. The highest BCUT2D eigenvalue weighted by molar-refractivity contribution is 6.66. The first-order valence-corrected chi connectivity index (χ1v) is 10.2. The molecule has 1 atom stereocenters. The van der Waals surface area contributed by atoms with Crippen LogP contribution in [-0.2, 0) is 18.1 Å². The molecule has 0 N–H and O–H groups in total. The summed E-state index contributed by atoms with van der Waals surface area (Å²) in [5.74, 6) is 0.193. The number of unbranched alkanes of at least 4 members (excludes halogenated alkanes) is 2. The second kappa shape index (κ2) is 11.3. The Bertz CT molecular complexity index is 264. The molecule has 0 saturated carbocycles. The largest absolute Gasteiger partial charge is 0.511 e. The SMILES string of the molecule is CCCCCC(C(=O)C(C)C)[Si](OCC)(OCC)OCC. The summed E-state index contributed by atoms with van der Waals surface area (Å²) in [5.41, 5.74) is -0.233. The van der Waals surface area contributed by atoms with Crippen LogP contribution in [0.25, 0.3) is 0 Å². The van der Waals surface area contributed by atoms with E-state index in [4.69, 9.17) is 13.3 Å². The van der Waals surface area contributed by atoms with Gasteiger partial charge in [0.2, 0.25) is 0 Å². The molecule has 21 heavy (non-hydrogen) atoms. The predicted octanol–water partition coefficient (Wildman–Crippen LogP) is 4.21. The van der Waals surface area contributed by atoms with Gasteiger partial charge in [0.1, 0.15) is 5.78 Å². The Balaban J connectivity index is 5.34. The monoisotopic (exact) mass is 318 g/mol. The normalized spacial score (nSPS) is 13.7. The zero-order valence-corrected chi connectivity index (χ0v) is 15.7. The van der Waals surface area contributed by atoms with Gasteiger partial charge in [-0.1, -0.05) is 40.0 Å². The van der Waals surface area contributed by atoms with E-state index in [1.54, 1.807) is 0 Å². The molecule has 126 valence electrons. The first-order valence-electron chi connectivity index (χ1n) is 8.44. The lowest BCUT2D eigenvalue weighted by atomic mass is 10.0. The van der Waals surface area contributed by atoms with E-state index >= 15 is 0 Å². The molecule has 5 heteroatoms. The Kier molecular flexibility index (Phi) is 11.2. The molecule has 0 aliphatic carbocycles. The summed E-state index contributed by atoms with van der Waals surface area (Å²) in [7, 11) is -2.95. The number of hydrogen-bond donors (Lipinski definition) is 0. The van der Waals surface area contributed by atoms with Crippen LogP contribution in [0.4, 0.5) is 0 Å². The number of hydrogen-bond acceptors (Lipinski definition) is 4. The molecular weight excluding hydrogens is 284 g/mol. The van der Waals surface area contributed by atoms with E-state index in [0.29, 0.717) is 19.8 Å². The van der Waals surface area contributed by atoms with Gasteiger partial charge in [-0.05, 0) is 27.2 Å². The van der Waals surface area contributed by atoms with Gasteiger partial charge in [0.25, 0.3) is 0 Å². The molecule has 0 radical (unpaired) electrons. The van der Waals surface area contributed by atoms with E-state index < -0.39 is 8.80 Å². The van der Waals surface area contributed by atoms with Crippen molar-refractivity contribution >= 4 is 14.6 Å². The van der Waals surface area contributed by atoms with E-state index in [9.17, 15) is 4.79 Å². The van der Waals surface area contributed by atoms with Crippen molar-refractivity contribution < 1.29 is 18.1 Å². The number of carbonyl (C=O) groups excluding carboxylic acids is 1. The average molecular weight is 319 g/mol. The lowest BCUT2D eigenvalue weighted by Crippen LogP contribution is -2.53. The number of ketones is 1. The van der Waals surface area contributed by atoms with Crippen molar-refractivity contribution in [2.24, 2.45) is 5.92 Å². The fourth-order valence-corrected chi connectivity index (χ4v) is 5.82. The molecule has 0 saturated heterocycles. The van der Waals surface area contributed by atoms with Gasteiger partial charge in [0, 0.05) is 25.7 Å². The van der Waals surface area contributed by atoms with Gasteiger partial charge in [-0.25, -0.2) is 0 Å². The third kappa shape index (κ3) is 6.59. The first-order chi connectivity index (χ1) is 9.98.